The molecule has 1 saturated carbocycles. The molecule has 2 unspecified atom stereocenters. The average molecular weight is 182 g/mol. The van der Waals surface area contributed by atoms with Crippen LogP contribution in [0.2, 0.25) is 0 Å². The van der Waals surface area contributed by atoms with Crippen LogP contribution in [0.1, 0.15) is 32.1 Å². The standard InChI is InChI=1S/C10H18N2O/c11-10(13)9-5-7-3-1-2-4-8(7)6-12-9/h7-9,12H,1-6H2,(H2,11,13)/t7?,8?,9-/m0/s1. The van der Waals surface area contributed by atoms with Gasteiger partial charge in [-0.1, -0.05) is 19.3 Å². The minimum absolute atomic E-state index is 0.0562. The van der Waals surface area contributed by atoms with E-state index < -0.39 is 0 Å². The lowest BCUT2D eigenvalue weighted by Crippen LogP contribution is -2.51. The van der Waals surface area contributed by atoms with Gasteiger partial charge in [0.15, 0.2) is 0 Å². The molecule has 13 heavy (non-hydrogen) atoms. The maximum atomic E-state index is 11.0. The van der Waals surface area contributed by atoms with Crippen LogP contribution < -0.4 is 11.1 Å². The molecule has 2 aliphatic rings. The first-order chi connectivity index (χ1) is 6.27. The molecule has 3 heteroatoms. The first-order valence-electron chi connectivity index (χ1n) is 5.30. The highest BCUT2D eigenvalue weighted by Gasteiger charge is 2.33. The first-order valence-corrected chi connectivity index (χ1v) is 5.30. The summed E-state index contributed by atoms with van der Waals surface area (Å²) in [5.74, 6) is 1.39. The molecule has 1 saturated heterocycles. The number of fused-ring (bicyclic) bond motifs is 1. The topological polar surface area (TPSA) is 55.1 Å². The van der Waals surface area contributed by atoms with Crippen molar-refractivity contribution in [2.75, 3.05) is 6.54 Å². The molecule has 1 aliphatic heterocycles. The van der Waals surface area contributed by atoms with Crippen LogP contribution >= 0.6 is 0 Å². The van der Waals surface area contributed by atoms with Gasteiger partial charge in [0.2, 0.25) is 5.91 Å². The number of carbonyl (C=O) groups is 1. The minimum atomic E-state index is -0.177. The Labute approximate surface area is 79.1 Å². The molecule has 1 heterocycles. The van der Waals surface area contributed by atoms with Crippen molar-refractivity contribution in [3.8, 4) is 0 Å². The summed E-state index contributed by atoms with van der Waals surface area (Å²) in [6, 6.07) is -0.0562. The third-order valence-corrected chi connectivity index (χ3v) is 3.57. The van der Waals surface area contributed by atoms with E-state index in [9.17, 15) is 4.79 Å². The maximum Gasteiger partial charge on any atom is 0.234 e. The summed E-state index contributed by atoms with van der Waals surface area (Å²) in [5, 5.41) is 3.24. The second-order valence-electron chi connectivity index (χ2n) is 4.40. The molecule has 3 N–H and O–H groups in total. The van der Waals surface area contributed by atoms with E-state index in [-0.39, 0.29) is 11.9 Å². The molecule has 0 bridgehead atoms. The molecule has 3 atom stereocenters. The zero-order valence-electron chi connectivity index (χ0n) is 7.96. The van der Waals surface area contributed by atoms with Crippen LogP contribution in [-0.2, 0) is 4.79 Å². The molecule has 2 rings (SSSR count). The third kappa shape index (κ3) is 1.85. The van der Waals surface area contributed by atoms with Gasteiger partial charge < -0.3 is 11.1 Å². The fourth-order valence-electron chi connectivity index (χ4n) is 2.76. The molecule has 0 aromatic rings. The van der Waals surface area contributed by atoms with Crippen LogP contribution in [0.15, 0.2) is 0 Å². The summed E-state index contributed by atoms with van der Waals surface area (Å²) in [4.78, 5) is 11.0. The number of hydrogen-bond acceptors (Lipinski definition) is 2. The van der Waals surface area contributed by atoms with Crippen LogP contribution in [-0.4, -0.2) is 18.5 Å². The smallest absolute Gasteiger partial charge is 0.234 e. The molecule has 3 nitrogen and oxygen atoms in total. The minimum Gasteiger partial charge on any atom is -0.368 e. The highest BCUT2D eigenvalue weighted by Crippen LogP contribution is 2.35. The van der Waals surface area contributed by atoms with Gasteiger partial charge in [0.25, 0.3) is 0 Å². The largest absolute Gasteiger partial charge is 0.368 e. The van der Waals surface area contributed by atoms with Crippen molar-refractivity contribution < 1.29 is 4.79 Å². The van der Waals surface area contributed by atoms with Crippen molar-refractivity contribution in [2.24, 2.45) is 17.6 Å². The highest BCUT2D eigenvalue weighted by molar-refractivity contribution is 5.79. The van der Waals surface area contributed by atoms with Crippen molar-refractivity contribution in [2.45, 2.75) is 38.1 Å². The van der Waals surface area contributed by atoms with Gasteiger partial charge in [-0.2, -0.15) is 0 Å². The Morgan fingerprint density at radius 2 is 1.92 bits per heavy atom. The van der Waals surface area contributed by atoms with E-state index in [1.54, 1.807) is 0 Å². The van der Waals surface area contributed by atoms with Gasteiger partial charge in [0, 0.05) is 0 Å². The van der Waals surface area contributed by atoms with E-state index in [0.717, 1.165) is 24.8 Å². The van der Waals surface area contributed by atoms with Crippen molar-refractivity contribution >= 4 is 5.91 Å². The van der Waals surface area contributed by atoms with E-state index in [1.807, 2.05) is 0 Å². The van der Waals surface area contributed by atoms with Crippen molar-refractivity contribution in [3.63, 3.8) is 0 Å². The normalized spacial score (nSPS) is 39.5. The van der Waals surface area contributed by atoms with Gasteiger partial charge in [0.1, 0.15) is 0 Å². The number of primary amides is 1. The molecule has 0 aromatic heterocycles. The van der Waals surface area contributed by atoms with Crippen LogP contribution in [0.5, 0.6) is 0 Å². The Morgan fingerprint density at radius 3 is 2.62 bits per heavy atom. The maximum absolute atomic E-state index is 11.0. The highest BCUT2D eigenvalue weighted by atomic mass is 16.1. The second-order valence-corrected chi connectivity index (χ2v) is 4.40. The predicted octanol–water partition coefficient (Wildman–Crippen LogP) is 0.640. The number of nitrogens with one attached hydrogen (secondary N) is 1. The van der Waals surface area contributed by atoms with E-state index >= 15 is 0 Å². The van der Waals surface area contributed by atoms with Gasteiger partial charge >= 0.3 is 0 Å². The van der Waals surface area contributed by atoms with Crippen molar-refractivity contribution in [1.29, 1.82) is 0 Å². The lowest BCUT2D eigenvalue weighted by molar-refractivity contribution is -0.121. The van der Waals surface area contributed by atoms with Crippen LogP contribution in [0.4, 0.5) is 0 Å². The summed E-state index contributed by atoms with van der Waals surface area (Å²) < 4.78 is 0. The first kappa shape index (κ1) is 9.00. The molecule has 0 radical (unpaired) electrons. The van der Waals surface area contributed by atoms with E-state index in [1.165, 1.54) is 25.7 Å². The number of rotatable bonds is 1. The van der Waals surface area contributed by atoms with Crippen molar-refractivity contribution in [1.82, 2.24) is 5.32 Å². The molecule has 74 valence electrons. The predicted molar refractivity (Wildman–Crippen MR) is 51.1 cm³/mol. The Kier molecular flexibility index (Phi) is 2.54. The Bertz CT molecular complexity index is 205. The average Bonchev–Trinajstić information content (AvgIpc) is 2.17. The monoisotopic (exact) mass is 182 g/mol. The van der Waals surface area contributed by atoms with Gasteiger partial charge in [-0.25, -0.2) is 0 Å². The zero-order chi connectivity index (χ0) is 9.26. The van der Waals surface area contributed by atoms with Crippen LogP contribution in [0, 0.1) is 11.8 Å². The van der Waals surface area contributed by atoms with Crippen LogP contribution in [0.3, 0.4) is 0 Å². The number of piperidine rings is 1. The molecule has 0 aromatic carbocycles. The Morgan fingerprint density at radius 1 is 1.23 bits per heavy atom. The number of amides is 1. The molecule has 0 spiro atoms. The summed E-state index contributed by atoms with van der Waals surface area (Å²) in [6.07, 6.45) is 6.32. The van der Waals surface area contributed by atoms with Gasteiger partial charge in [-0.15, -0.1) is 0 Å². The van der Waals surface area contributed by atoms with Gasteiger partial charge in [-0.3, -0.25) is 4.79 Å². The third-order valence-electron chi connectivity index (χ3n) is 3.57. The molecular formula is C10H18N2O. The summed E-state index contributed by atoms with van der Waals surface area (Å²) in [7, 11) is 0. The van der Waals surface area contributed by atoms with Crippen LogP contribution in [0.25, 0.3) is 0 Å². The quantitative estimate of drug-likeness (QED) is 0.625. The van der Waals surface area contributed by atoms with Crippen molar-refractivity contribution in [3.05, 3.63) is 0 Å². The summed E-state index contributed by atoms with van der Waals surface area (Å²) in [5.41, 5.74) is 5.29. The van der Waals surface area contributed by atoms with Gasteiger partial charge in [0.05, 0.1) is 6.04 Å². The second kappa shape index (κ2) is 3.66. The molecule has 2 fully saturated rings. The van der Waals surface area contributed by atoms with E-state index in [2.05, 4.69) is 5.32 Å². The zero-order valence-corrected chi connectivity index (χ0v) is 7.96. The molecular weight excluding hydrogens is 164 g/mol. The van der Waals surface area contributed by atoms with E-state index in [0.29, 0.717) is 0 Å². The fourth-order valence-corrected chi connectivity index (χ4v) is 2.76. The number of carbonyl (C=O) groups excluding carboxylic acids is 1. The Balaban J connectivity index is 1.95. The van der Waals surface area contributed by atoms with Gasteiger partial charge in [-0.05, 0) is 31.2 Å². The number of hydrogen-bond donors (Lipinski definition) is 2. The lowest BCUT2D eigenvalue weighted by atomic mass is 9.73. The summed E-state index contributed by atoms with van der Waals surface area (Å²) >= 11 is 0. The molecule has 1 amide bonds. The molecule has 1 aliphatic carbocycles. The SMILES string of the molecule is NC(=O)[C@@H]1CC2CCCCC2CN1. The number of nitrogens with two attached hydrogens (primary N) is 1. The summed E-state index contributed by atoms with van der Waals surface area (Å²) in [6.45, 7) is 0.998. The lowest BCUT2D eigenvalue weighted by Gasteiger charge is -2.38. The Hall–Kier alpha value is -0.570. The fraction of sp³-hybridized carbons (Fsp3) is 0.900. The van der Waals surface area contributed by atoms with E-state index in [4.69, 9.17) is 5.73 Å².